The third-order valence-corrected chi connectivity index (χ3v) is 6.31. The van der Waals surface area contributed by atoms with Gasteiger partial charge >= 0.3 is 0 Å². The molecule has 0 radical (unpaired) electrons. The van der Waals surface area contributed by atoms with Crippen LogP contribution >= 0.6 is 11.6 Å². The van der Waals surface area contributed by atoms with Gasteiger partial charge < -0.3 is 16.0 Å². The summed E-state index contributed by atoms with van der Waals surface area (Å²) in [7, 11) is 0. The molecular weight excluding hydrogens is 464 g/mol. The molecule has 0 aliphatic carbocycles. The first-order valence-electron chi connectivity index (χ1n) is 11.4. The number of carbonyl (C=O) groups excluding carboxylic acids is 2. The zero-order valence-electron chi connectivity index (χ0n) is 19.3. The fraction of sp³-hybridized carbons (Fsp3) is 0.385. The molecule has 3 aromatic rings. The maximum atomic E-state index is 13.2. The molecule has 1 saturated heterocycles. The van der Waals surface area contributed by atoms with Crippen molar-refractivity contribution in [2.75, 3.05) is 49.9 Å². The van der Waals surface area contributed by atoms with E-state index in [4.69, 9.17) is 17.3 Å². The zero-order valence-corrected chi connectivity index (χ0v) is 20.0. The molecule has 0 saturated carbocycles. The van der Waals surface area contributed by atoms with E-state index in [1.807, 2.05) is 18.2 Å². The molecule has 1 amide bonds. The van der Waals surface area contributed by atoms with E-state index in [-0.39, 0.29) is 19.1 Å². The number of piperazine rings is 1. The second-order valence-corrected chi connectivity index (χ2v) is 8.95. The SMILES string of the molecule is C.CC(=O)NCCN1CCN(c2ncc(Cl)cc2C(=O)CCc2ccc3c(N)nccc3c2)CC1. The minimum Gasteiger partial charge on any atom is -0.383 e. The lowest BCUT2D eigenvalue weighted by Gasteiger charge is -2.36. The highest BCUT2D eigenvalue weighted by Gasteiger charge is 2.23. The number of rotatable bonds is 8. The fourth-order valence-corrected chi connectivity index (χ4v) is 4.42. The first-order valence-corrected chi connectivity index (χ1v) is 11.8. The first-order chi connectivity index (χ1) is 16.4. The summed E-state index contributed by atoms with van der Waals surface area (Å²) in [6.45, 7) is 6.16. The Morgan fingerprint density at radius 2 is 1.89 bits per heavy atom. The molecule has 3 heterocycles. The van der Waals surface area contributed by atoms with Crippen molar-refractivity contribution in [3.8, 4) is 0 Å². The van der Waals surface area contributed by atoms with Gasteiger partial charge in [0.15, 0.2) is 5.78 Å². The van der Waals surface area contributed by atoms with Gasteiger partial charge in [-0.05, 0) is 29.5 Å². The number of fused-ring (bicyclic) bond motifs is 1. The van der Waals surface area contributed by atoms with Crippen LogP contribution in [0.4, 0.5) is 11.6 Å². The van der Waals surface area contributed by atoms with Crippen LogP contribution in [-0.4, -0.2) is 65.8 Å². The molecular formula is C26H33ClN6O2. The first kappa shape index (κ1) is 26.4. The number of nitrogens with one attached hydrogen (secondary N) is 1. The standard InChI is InChI=1S/C25H29ClN6O2.CH4/c1-17(33)28-8-9-31-10-12-32(13-11-31)25-22(15-20(26)16-30-25)23(34)5-3-18-2-4-21-19(14-18)6-7-29-24(21)27;/h2,4,6-7,14-16H,3,5,8-13H2,1H3,(H2,27,29)(H,28,33);1H4. The monoisotopic (exact) mass is 496 g/mol. The number of pyridine rings is 2. The van der Waals surface area contributed by atoms with Gasteiger partial charge in [-0.1, -0.05) is 37.2 Å². The van der Waals surface area contributed by atoms with Crippen molar-refractivity contribution in [1.29, 1.82) is 0 Å². The molecule has 186 valence electrons. The van der Waals surface area contributed by atoms with Crippen molar-refractivity contribution in [1.82, 2.24) is 20.2 Å². The summed E-state index contributed by atoms with van der Waals surface area (Å²) >= 11 is 6.21. The summed E-state index contributed by atoms with van der Waals surface area (Å²) in [6, 6.07) is 9.65. The molecule has 2 aromatic heterocycles. The number of hydrogen-bond donors (Lipinski definition) is 2. The number of nitrogens with two attached hydrogens (primary N) is 1. The number of carbonyl (C=O) groups is 2. The highest BCUT2D eigenvalue weighted by molar-refractivity contribution is 6.31. The maximum Gasteiger partial charge on any atom is 0.216 e. The molecule has 0 spiro atoms. The number of halogens is 1. The van der Waals surface area contributed by atoms with Gasteiger partial charge in [0.2, 0.25) is 5.91 Å². The summed E-state index contributed by atoms with van der Waals surface area (Å²) < 4.78 is 0. The van der Waals surface area contributed by atoms with Gasteiger partial charge in [-0.2, -0.15) is 0 Å². The van der Waals surface area contributed by atoms with Gasteiger partial charge in [-0.3, -0.25) is 14.5 Å². The van der Waals surface area contributed by atoms with Crippen molar-refractivity contribution < 1.29 is 9.59 Å². The number of Topliss-reactive ketones (excluding diaryl/α,β-unsaturated/α-hetero) is 1. The Kier molecular flexibility index (Phi) is 9.01. The van der Waals surface area contributed by atoms with Crippen LogP contribution in [0.3, 0.4) is 0 Å². The number of anilines is 2. The van der Waals surface area contributed by atoms with Crippen LogP contribution in [0.25, 0.3) is 10.8 Å². The molecule has 1 aliphatic heterocycles. The summed E-state index contributed by atoms with van der Waals surface area (Å²) in [5.74, 6) is 1.20. The van der Waals surface area contributed by atoms with Gasteiger partial charge in [-0.15, -0.1) is 0 Å². The minimum absolute atomic E-state index is 0. The number of aromatic nitrogens is 2. The van der Waals surface area contributed by atoms with Crippen LogP contribution in [0.1, 0.15) is 36.7 Å². The fourth-order valence-electron chi connectivity index (χ4n) is 4.26. The summed E-state index contributed by atoms with van der Waals surface area (Å²) in [4.78, 5) is 37.4. The van der Waals surface area contributed by atoms with Crippen LogP contribution in [-0.2, 0) is 11.2 Å². The number of benzene rings is 1. The third kappa shape index (κ3) is 6.68. The second-order valence-electron chi connectivity index (χ2n) is 8.51. The molecule has 1 aromatic carbocycles. The molecule has 1 fully saturated rings. The van der Waals surface area contributed by atoms with Gasteiger partial charge in [0, 0.05) is 70.4 Å². The van der Waals surface area contributed by atoms with Crippen LogP contribution < -0.4 is 16.0 Å². The Hall–Kier alpha value is -3.23. The van der Waals surface area contributed by atoms with Gasteiger partial charge in [-0.25, -0.2) is 9.97 Å². The molecule has 4 rings (SSSR count). The molecule has 35 heavy (non-hydrogen) atoms. The number of ketones is 1. The van der Waals surface area contributed by atoms with Crippen LogP contribution in [0.2, 0.25) is 5.02 Å². The van der Waals surface area contributed by atoms with Crippen LogP contribution in [0.15, 0.2) is 42.7 Å². The second kappa shape index (κ2) is 12.0. The molecule has 8 nitrogen and oxygen atoms in total. The lowest BCUT2D eigenvalue weighted by molar-refractivity contribution is -0.119. The van der Waals surface area contributed by atoms with E-state index in [0.29, 0.717) is 41.6 Å². The predicted molar refractivity (Wildman–Crippen MR) is 142 cm³/mol. The summed E-state index contributed by atoms with van der Waals surface area (Å²) in [5, 5.41) is 5.21. The molecule has 1 aliphatic rings. The van der Waals surface area contributed by atoms with Gasteiger partial charge in [0.1, 0.15) is 11.6 Å². The lowest BCUT2D eigenvalue weighted by Crippen LogP contribution is -2.49. The number of nitrogens with zero attached hydrogens (tertiary/aromatic N) is 4. The maximum absolute atomic E-state index is 13.2. The van der Waals surface area contributed by atoms with Crippen molar-refractivity contribution in [3.05, 3.63) is 58.9 Å². The minimum atomic E-state index is -0.0167. The Morgan fingerprint density at radius 3 is 2.63 bits per heavy atom. The van der Waals surface area contributed by atoms with Crippen molar-refractivity contribution >= 4 is 45.7 Å². The van der Waals surface area contributed by atoms with Crippen molar-refractivity contribution in [2.45, 2.75) is 27.2 Å². The molecule has 9 heteroatoms. The average Bonchev–Trinajstić information content (AvgIpc) is 2.83. The number of nitrogen functional groups attached to an aromatic ring is 1. The Balaban J connectivity index is 0.00000342. The van der Waals surface area contributed by atoms with Crippen LogP contribution in [0, 0.1) is 0 Å². The van der Waals surface area contributed by atoms with E-state index in [9.17, 15) is 9.59 Å². The van der Waals surface area contributed by atoms with E-state index in [2.05, 4.69) is 31.2 Å². The van der Waals surface area contributed by atoms with Crippen LogP contribution in [0.5, 0.6) is 0 Å². The summed E-state index contributed by atoms with van der Waals surface area (Å²) in [5.41, 5.74) is 7.57. The third-order valence-electron chi connectivity index (χ3n) is 6.11. The Bertz CT molecular complexity index is 1190. The van der Waals surface area contributed by atoms with Gasteiger partial charge in [0.05, 0.1) is 10.6 Å². The molecule has 0 atom stereocenters. The van der Waals surface area contributed by atoms with E-state index in [1.165, 1.54) is 6.92 Å². The quantitative estimate of drug-likeness (QED) is 0.459. The average molecular weight is 497 g/mol. The Morgan fingerprint density at radius 1 is 1.11 bits per heavy atom. The van der Waals surface area contributed by atoms with E-state index < -0.39 is 0 Å². The van der Waals surface area contributed by atoms with E-state index in [1.54, 1.807) is 18.5 Å². The van der Waals surface area contributed by atoms with Crippen molar-refractivity contribution in [2.24, 2.45) is 0 Å². The van der Waals surface area contributed by atoms with E-state index in [0.717, 1.165) is 49.1 Å². The highest BCUT2D eigenvalue weighted by Crippen LogP contribution is 2.25. The number of amides is 1. The smallest absolute Gasteiger partial charge is 0.216 e. The number of aryl methyl sites for hydroxylation is 1. The van der Waals surface area contributed by atoms with E-state index >= 15 is 0 Å². The molecule has 0 unspecified atom stereocenters. The van der Waals surface area contributed by atoms with Crippen molar-refractivity contribution in [3.63, 3.8) is 0 Å². The predicted octanol–water partition coefficient (Wildman–Crippen LogP) is 3.58. The summed E-state index contributed by atoms with van der Waals surface area (Å²) in [6.07, 6.45) is 4.26. The Labute approximate surface area is 211 Å². The zero-order chi connectivity index (χ0) is 24.1. The lowest BCUT2D eigenvalue weighted by atomic mass is 10.0. The topological polar surface area (TPSA) is 104 Å². The molecule has 0 bridgehead atoms. The molecule has 3 N–H and O–H groups in total. The normalized spacial score (nSPS) is 13.9. The van der Waals surface area contributed by atoms with Gasteiger partial charge in [0.25, 0.3) is 0 Å². The number of hydrogen-bond acceptors (Lipinski definition) is 7. The largest absolute Gasteiger partial charge is 0.383 e. The highest BCUT2D eigenvalue weighted by atomic mass is 35.5.